The van der Waals surface area contributed by atoms with E-state index in [1.807, 2.05) is 17.0 Å². The van der Waals surface area contributed by atoms with Gasteiger partial charge in [-0.25, -0.2) is 9.97 Å². The van der Waals surface area contributed by atoms with Crippen LogP contribution in [0.25, 0.3) is 28.5 Å². The smallest absolute Gasteiger partial charge is 0.180 e. The second-order valence-electron chi connectivity index (χ2n) is 4.59. The van der Waals surface area contributed by atoms with Gasteiger partial charge in [-0.3, -0.25) is 9.67 Å². The van der Waals surface area contributed by atoms with E-state index in [-0.39, 0.29) is 0 Å². The minimum Gasteiger partial charge on any atom is -0.342 e. The van der Waals surface area contributed by atoms with Crippen molar-refractivity contribution in [1.29, 1.82) is 0 Å². The third-order valence-electron chi connectivity index (χ3n) is 3.33. The monoisotopic (exact) mass is 276 g/mol. The molecule has 3 heterocycles. The first-order chi connectivity index (χ1) is 10.4. The Labute approximate surface area is 120 Å². The number of aromatic nitrogens is 6. The van der Waals surface area contributed by atoms with Crippen LogP contribution in [0.5, 0.6) is 0 Å². The van der Waals surface area contributed by atoms with Gasteiger partial charge in [-0.1, -0.05) is 12.1 Å². The quantitative estimate of drug-likeness (QED) is 0.604. The Kier molecular flexibility index (Phi) is 2.64. The molecule has 0 unspecified atom stereocenters. The van der Waals surface area contributed by atoms with E-state index in [1.54, 1.807) is 24.8 Å². The summed E-state index contributed by atoms with van der Waals surface area (Å²) in [5.74, 6) is 1.54. The first-order valence-electron chi connectivity index (χ1n) is 6.54. The lowest BCUT2D eigenvalue weighted by Crippen LogP contribution is -1.97. The molecule has 0 aliphatic heterocycles. The molecular weight excluding hydrogens is 264 g/mol. The molecule has 0 aliphatic carbocycles. The zero-order valence-electron chi connectivity index (χ0n) is 11.1. The maximum Gasteiger partial charge on any atom is 0.180 e. The van der Waals surface area contributed by atoms with Crippen molar-refractivity contribution in [3.63, 3.8) is 0 Å². The zero-order chi connectivity index (χ0) is 14.1. The molecule has 6 heteroatoms. The number of hydrogen-bond acceptors (Lipinski definition) is 3. The summed E-state index contributed by atoms with van der Waals surface area (Å²) >= 11 is 0. The van der Waals surface area contributed by atoms with E-state index in [4.69, 9.17) is 0 Å². The standard InChI is InChI=1S/C15H12N6/c1-3-13(4-2-11(1)12-9-19-20-10-12)21-8-7-18-15(21)14-16-5-6-17-14/h1-10H,(H,16,17)(H,19,20). The average molecular weight is 276 g/mol. The average Bonchev–Trinajstić information content (AvgIpc) is 3.27. The fourth-order valence-corrected chi connectivity index (χ4v) is 2.30. The third-order valence-corrected chi connectivity index (χ3v) is 3.33. The minimum atomic E-state index is 0.749. The number of nitrogens with zero attached hydrogens (tertiary/aromatic N) is 4. The normalized spacial score (nSPS) is 10.9. The lowest BCUT2D eigenvalue weighted by molar-refractivity contribution is 1.04. The van der Waals surface area contributed by atoms with Crippen molar-refractivity contribution in [3.05, 3.63) is 61.4 Å². The van der Waals surface area contributed by atoms with Crippen molar-refractivity contribution in [1.82, 2.24) is 29.7 Å². The Balaban J connectivity index is 1.73. The zero-order valence-corrected chi connectivity index (χ0v) is 11.1. The minimum absolute atomic E-state index is 0.749. The molecule has 3 aromatic heterocycles. The maximum absolute atomic E-state index is 4.36. The Bertz CT molecular complexity index is 825. The molecule has 102 valence electrons. The molecule has 4 rings (SSSR count). The lowest BCUT2D eigenvalue weighted by Gasteiger charge is -2.07. The summed E-state index contributed by atoms with van der Waals surface area (Å²) in [4.78, 5) is 11.7. The largest absolute Gasteiger partial charge is 0.342 e. The van der Waals surface area contributed by atoms with Crippen LogP contribution in [0.4, 0.5) is 0 Å². The van der Waals surface area contributed by atoms with Gasteiger partial charge < -0.3 is 4.98 Å². The summed E-state index contributed by atoms with van der Waals surface area (Å²) in [5, 5.41) is 6.79. The topological polar surface area (TPSA) is 75.2 Å². The van der Waals surface area contributed by atoms with E-state index in [0.717, 1.165) is 28.5 Å². The van der Waals surface area contributed by atoms with Gasteiger partial charge in [0.25, 0.3) is 0 Å². The van der Waals surface area contributed by atoms with Crippen molar-refractivity contribution in [2.75, 3.05) is 0 Å². The van der Waals surface area contributed by atoms with Gasteiger partial charge in [-0.15, -0.1) is 0 Å². The van der Waals surface area contributed by atoms with Gasteiger partial charge in [0.2, 0.25) is 0 Å². The summed E-state index contributed by atoms with van der Waals surface area (Å²) in [5.41, 5.74) is 3.22. The van der Waals surface area contributed by atoms with Crippen LogP contribution in [0.3, 0.4) is 0 Å². The van der Waals surface area contributed by atoms with Gasteiger partial charge in [-0.2, -0.15) is 5.10 Å². The first-order valence-corrected chi connectivity index (χ1v) is 6.54. The van der Waals surface area contributed by atoms with Crippen LogP contribution in [0.1, 0.15) is 0 Å². The van der Waals surface area contributed by atoms with Gasteiger partial charge >= 0.3 is 0 Å². The molecule has 4 aromatic rings. The molecule has 0 aliphatic rings. The molecule has 0 amide bonds. The SMILES string of the molecule is c1c[nH]c(-c2nccn2-c2ccc(-c3cn[nH]c3)cc2)n1. The summed E-state index contributed by atoms with van der Waals surface area (Å²) in [6.07, 6.45) is 10.9. The number of imidazole rings is 2. The van der Waals surface area contributed by atoms with E-state index in [2.05, 4.69) is 49.4 Å². The van der Waals surface area contributed by atoms with Gasteiger partial charge in [0.1, 0.15) is 0 Å². The first kappa shape index (κ1) is 11.7. The molecule has 0 radical (unpaired) electrons. The van der Waals surface area contributed by atoms with E-state index >= 15 is 0 Å². The summed E-state index contributed by atoms with van der Waals surface area (Å²) in [6.45, 7) is 0. The summed E-state index contributed by atoms with van der Waals surface area (Å²) < 4.78 is 2.00. The van der Waals surface area contributed by atoms with Gasteiger partial charge in [0.15, 0.2) is 11.6 Å². The van der Waals surface area contributed by atoms with Crippen molar-refractivity contribution < 1.29 is 0 Å². The van der Waals surface area contributed by atoms with Gasteiger partial charge in [-0.05, 0) is 17.7 Å². The number of hydrogen-bond donors (Lipinski definition) is 2. The Morgan fingerprint density at radius 3 is 2.57 bits per heavy atom. The van der Waals surface area contributed by atoms with Crippen LogP contribution in [0.2, 0.25) is 0 Å². The van der Waals surface area contributed by atoms with E-state index in [9.17, 15) is 0 Å². The van der Waals surface area contributed by atoms with E-state index in [0.29, 0.717) is 0 Å². The van der Waals surface area contributed by atoms with Crippen molar-refractivity contribution in [3.8, 4) is 28.5 Å². The van der Waals surface area contributed by atoms with Crippen LogP contribution in [0.15, 0.2) is 61.4 Å². The molecule has 0 fully saturated rings. The molecule has 0 atom stereocenters. The van der Waals surface area contributed by atoms with E-state index in [1.165, 1.54) is 0 Å². The lowest BCUT2D eigenvalue weighted by atomic mass is 10.1. The molecule has 0 spiro atoms. The molecule has 21 heavy (non-hydrogen) atoms. The molecule has 1 aromatic carbocycles. The number of benzene rings is 1. The Hall–Kier alpha value is -3.15. The molecular formula is C15H12N6. The van der Waals surface area contributed by atoms with Crippen LogP contribution >= 0.6 is 0 Å². The van der Waals surface area contributed by atoms with E-state index < -0.39 is 0 Å². The summed E-state index contributed by atoms with van der Waals surface area (Å²) in [7, 11) is 0. The number of nitrogens with one attached hydrogen (secondary N) is 2. The second-order valence-corrected chi connectivity index (χ2v) is 4.59. The molecule has 0 saturated carbocycles. The Morgan fingerprint density at radius 1 is 0.952 bits per heavy atom. The van der Waals surface area contributed by atoms with Gasteiger partial charge in [0.05, 0.1) is 6.20 Å². The Morgan fingerprint density at radius 2 is 1.86 bits per heavy atom. The van der Waals surface area contributed by atoms with Crippen molar-refractivity contribution >= 4 is 0 Å². The highest BCUT2D eigenvalue weighted by Crippen LogP contribution is 2.22. The van der Waals surface area contributed by atoms with Crippen LogP contribution in [-0.4, -0.2) is 29.7 Å². The second kappa shape index (κ2) is 4.75. The third kappa shape index (κ3) is 2.02. The number of H-pyrrole nitrogens is 2. The van der Waals surface area contributed by atoms with Crippen LogP contribution in [0, 0.1) is 0 Å². The highest BCUT2D eigenvalue weighted by Gasteiger charge is 2.09. The fourth-order valence-electron chi connectivity index (χ4n) is 2.30. The predicted molar refractivity (Wildman–Crippen MR) is 78.7 cm³/mol. The molecule has 0 bridgehead atoms. The maximum atomic E-state index is 4.36. The number of rotatable bonds is 3. The van der Waals surface area contributed by atoms with Crippen LogP contribution < -0.4 is 0 Å². The number of aromatic amines is 2. The van der Waals surface area contributed by atoms with Crippen LogP contribution in [-0.2, 0) is 0 Å². The predicted octanol–water partition coefficient (Wildman–Crippen LogP) is 2.65. The summed E-state index contributed by atoms with van der Waals surface area (Å²) in [6, 6.07) is 8.23. The fraction of sp³-hybridized carbons (Fsp3) is 0. The molecule has 0 saturated heterocycles. The van der Waals surface area contributed by atoms with Crippen molar-refractivity contribution in [2.45, 2.75) is 0 Å². The van der Waals surface area contributed by atoms with Gasteiger partial charge in [0, 0.05) is 42.2 Å². The van der Waals surface area contributed by atoms with Crippen molar-refractivity contribution in [2.24, 2.45) is 0 Å². The molecule has 2 N–H and O–H groups in total. The highest BCUT2D eigenvalue weighted by molar-refractivity contribution is 5.63. The molecule has 6 nitrogen and oxygen atoms in total. The highest BCUT2D eigenvalue weighted by atomic mass is 15.1.